The maximum Gasteiger partial charge on any atom is 0.258 e. The molecule has 0 fully saturated rings. The molecular weight excluding hydrogens is 298 g/mol. The Morgan fingerprint density at radius 3 is 2.50 bits per heavy atom. The van der Waals surface area contributed by atoms with Gasteiger partial charge in [0, 0.05) is 36.6 Å². The van der Waals surface area contributed by atoms with Gasteiger partial charge >= 0.3 is 0 Å². The maximum absolute atomic E-state index is 12.4. The number of aromatic nitrogens is 3. The first-order chi connectivity index (χ1) is 11.7. The lowest BCUT2D eigenvalue weighted by atomic mass is 10.1. The first-order valence-corrected chi connectivity index (χ1v) is 7.57. The summed E-state index contributed by atoms with van der Waals surface area (Å²) >= 11 is 0. The first kappa shape index (κ1) is 15.6. The fourth-order valence-corrected chi connectivity index (χ4v) is 2.51. The van der Waals surface area contributed by atoms with Crippen LogP contribution in [0, 0.1) is 0 Å². The van der Waals surface area contributed by atoms with E-state index < -0.39 is 0 Å². The normalized spacial score (nSPS) is 10.3. The zero-order valence-electron chi connectivity index (χ0n) is 13.2. The minimum absolute atomic E-state index is 0.184. The predicted molar refractivity (Wildman–Crippen MR) is 97.3 cm³/mol. The monoisotopic (exact) mass is 315 g/mol. The highest BCUT2D eigenvalue weighted by Gasteiger charge is 2.12. The second-order valence-corrected chi connectivity index (χ2v) is 5.36. The molecule has 118 valence electrons. The van der Waals surface area contributed by atoms with Gasteiger partial charge in [-0.3, -0.25) is 14.3 Å². The van der Waals surface area contributed by atoms with Gasteiger partial charge in [0.25, 0.3) is 5.56 Å². The lowest BCUT2D eigenvalue weighted by Crippen LogP contribution is -2.20. The van der Waals surface area contributed by atoms with Crippen LogP contribution in [0.4, 0.5) is 0 Å². The molecule has 0 N–H and O–H groups in total. The van der Waals surface area contributed by atoms with E-state index in [9.17, 15) is 4.79 Å². The molecule has 4 heteroatoms. The van der Waals surface area contributed by atoms with Crippen molar-refractivity contribution in [2.75, 3.05) is 0 Å². The van der Waals surface area contributed by atoms with E-state index in [0.29, 0.717) is 17.9 Å². The van der Waals surface area contributed by atoms with Gasteiger partial charge in [0.2, 0.25) is 0 Å². The van der Waals surface area contributed by atoms with Crippen LogP contribution >= 0.6 is 0 Å². The van der Waals surface area contributed by atoms with Crippen LogP contribution in [0.3, 0.4) is 0 Å². The molecule has 0 bridgehead atoms. The van der Waals surface area contributed by atoms with Gasteiger partial charge in [0.15, 0.2) is 0 Å². The molecule has 0 atom stereocenters. The highest BCUT2D eigenvalue weighted by atomic mass is 16.1. The highest BCUT2D eigenvalue weighted by Crippen LogP contribution is 2.20. The van der Waals surface area contributed by atoms with Gasteiger partial charge in [-0.2, -0.15) is 0 Å². The molecule has 24 heavy (non-hydrogen) atoms. The van der Waals surface area contributed by atoms with Gasteiger partial charge < -0.3 is 0 Å². The van der Waals surface area contributed by atoms with Gasteiger partial charge in [0.1, 0.15) is 5.82 Å². The summed E-state index contributed by atoms with van der Waals surface area (Å²) in [4.78, 5) is 21.0. The van der Waals surface area contributed by atoms with Crippen LogP contribution in [-0.2, 0) is 6.42 Å². The molecule has 0 aliphatic heterocycles. The lowest BCUT2D eigenvalue weighted by Gasteiger charge is -2.12. The van der Waals surface area contributed by atoms with Crippen LogP contribution < -0.4 is 5.56 Å². The molecule has 2 aromatic heterocycles. The highest BCUT2D eigenvalue weighted by molar-refractivity contribution is 5.66. The Morgan fingerprint density at radius 2 is 1.83 bits per heavy atom. The number of pyridine rings is 1. The summed E-state index contributed by atoms with van der Waals surface area (Å²) in [7, 11) is 0. The van der Waals surface area contributed by atoms with Crippen LogP contribution in [0.2, 0.25) is 0 Å². The molecule has 0 saturated heterocycles. The zero-order valence-corrected chi connectivity index (χ0v) is 13.2. The number of hydrogen-bond donors (Lipinski definition) is 0. The third-order valence-electron chi connectivity index (χ3n) is 3.69. The second-order valence-electron chi connectivity index (χ2n) is 5.36. The second kappa shape index (κ2) is 6.87. The molecule has 0 amide bonds. The van der Waals surface area contributed by atoms with Crippen LogP contribution in [0.1, 0.15) is 11.4 Å². The quantitative estimate of drug-likeness (QED) is 0.722. The van der Waals surface area contributed by atoms with E-state index in [4.69, 9.17) is 0 Å². The van der Waals surface area contributed by atoms with E-state index in [1.54, 1.807) is 12.4 Å². The Morgan fingerprint density at radius 1 is 1.12 bits per heavy atom. The fraction of sp³-hybridized carbons (Fsp3) is 0.0500. The van der Waals surface area contributed by atoms with Crippen molar-refractivity contribution in [1.29, 1.82) is 0 Å². The topological polar surface area (TPSA) is 47.8 Å². The molecule has 0 spiro atoms. The number of allylic oxidation sites excluding steroid dienone is 1. The van der Waals surface area contributed by atoms with E-state index in [-0.39, 0.29) is 5.56 Å². The molecule has 3 aromatic rings. The molecule has 0 aliphatic carbocycles. The number of hydrogen-bond acceptors (Lipinski definition) is 3. The average Bonchev–Trinajstić information content (AvgIpc) is 2.62. The summed E-state index contributed by atoms with van der Waals surface area (Å²) in [6.07, 6.45) is 5.43. The number of nitrogens with zero attached hydrogens (tertiary/aromatic N) is 3. The average molecular weight is 315 g/mol. The Labute approximate surface area is 140 Å². The summed E-state index contributed by atoms with van der Waals surface area (Å²) in [5, 5.41) is 0. The van der Waals surface area contributed by atoms with Crippen molar-refractivity contribution in [3.63, 3.8) is 0 Å². The molecule has 3 rings (SSSR count). The molecule has 0 aliphatic rings. The van der Waals surface area contributed by atoms with Crippen molar-refractivity contribution in [2.45, 2.75) is 6.42 Å². The van der Waals surface area contributed by atoms with Crippen molar-refractivity contribution >= 4 is 11.8 Å². The van der Waals surface area contributed by atoms with E-state index in [2.05, 4.69) is 23.1 Å². The summed E-state index contributed by atoms with van der Waals surface area (Å²) in [6, 6.07) is 15.1. The van der Waals surface area contributed by atoms with Gasteiger partial charge in [-0.1, -0.05) is 43.5 Å². The van der Waals surface area contributed by atoms with E-state index >= 15 is 0 Å². The third kappa shape index (κ3) is 3.22. The molecule has 4 nitrogen and oxygen atoms in total. The van der Waals surface area contributed by atoms with Crippen molar-refractivity contribution < 1.29 is 0 Å². The maximum atomic E-state index is 12.4. The van der Waals surface area contributed by atoms with E-state index in [1.807, 2.05) is 42.5 Å². The van der Waals surface area contributed by atoms with Gasteiger partial charge in [0.05, 0.1) is 5.69 Å². The molecule has 0 radical (unpaired) electrons. The summed E-state index contributed by atoms with van der Waals surface area (Å²) < 4.78 is 1.43. The van der Waals surface area contributed by atoms with Crippen LogP contribution in [0.25, 0.3) is 23.0 Å². The Balaban J connectivity index is 2.05. The predicted octanol–water partition coefficient (Wildman–Crippen LogP) is 3.66. The molecular formula is C20H17N3O. The molecule has 0 saturated carbocycles. The zero-order chi connectivity index (χ0) is 16.9. The van der Waals surface area contributed by atoms with Crippen molar-refractivity contribution in [3.05, 3.63) is 95.8 Å². The molecule has 0 unspecified atom stereocenters. The van der Waals surface area contributed by atoms with E-state index in [1.165, 1.54) is 16.8 Å². The standard InChI is InChI=1S/C20H17N3O/c1-3-23-19(24)14-18(17-9-11-21-12-10-17)22-20(23)15(2)13-16-7-5-4-6-8-16/h3-12,14H,1-2,13H2. The minimum Gasteiger partial charge on any atom is -0.269 e. The SMILES string of the molecule is C=Cn1c(C(=C)Cc2ccccc2)nc(-c2ccncc2)cc1=O. The molecule has 1 aromatic carbocycles. The van der Waals surface area contributed by atoms with Crippen LogP contribution in [0.5, 0.6) is 0 Å². The number of benzene rings is 1. The summed E-state index contributed by atoms with van der Waals surface area (Å²) in [5.74, 6) is 0.521. The van der Waals surface area contributed by atoms with Crippen molar-refractivity contribution in [2.24, 2.45) is 0 Å². The van der Waals surface area contributed by atoms with Crippen LogP contribution in [-0.4, -0.2) is 14.5 Å². The minimum atomic E-state index is -0.184. The number of rotatable bonds is 5. The summed E-state index contributed by atoms with van der Waals surface area (Å²) in [5.41, 5.74) is 3.13. The van der Waals surface area contributed by atoms with Crippen molar-refractivity contribution in [1.82, 2.24) is 14.5 Å². The Hall–Kier alpha value is -3.27. The third-order valence-corrected chi connectivity index (χ3v) is 3.69. The Kier molecular flexibility index (Phi) is 4.47. The van der Waals surface area contributed by atoms with Crippen LogP contribution in [0.15, 0.2) is 78.9 Å². The van der Waals surface area contributed by atoms with Crippen molar-refractivity contribution in [3.8, 4) is 11.3 Å². The summed E-state index contributed by atoms with van der Waals surface area (Å²) in [6.45, 7) is 7.84. The molecule has 2 heterocycles. The largest absolute Gasteiger partial charge is 0.269 e. The van der Waals surface area contributed by atoms with E-state index in [0.717, 1.165) is 16.7 Å². The Bertz CT molecular complexity index is 928. The first-order valence-electron chi connectivity index (χ1n) is 7.57. The lowest BCUT2D eigenvalue weighted by molar-refractivity contribution is 0.950. The van der Waals surface area contributed by atoms with Gasteiger partial charge in [-0.25, -0.2) is 4.98 Å². The fourth-order valence-electron chi connectivity index (χ4n) is 2.51. The van der Waals surface area contributed by atoms with Gasteiger partial charge in [-0.15, -0.1) is 0 Å². The smallest absolute Gasteiger partial charge is 0.258 e. The van der Waals surface area contributed by atoms with Gasteiger partial charge in [-0.05, 0) is 23.3 Å².